The predicted molar refractivity (Wildman–Crippen MR) is 90.8 cm³/mol. The monoisotopic (exact) mass is 319 g/mol. The minimum Gasteiger partial charge on any atom is -0.406 e. The van der Waals surface area contributed by atoms with Crippen molar-refractivity contribution in [2.45, 2.75) is 6.54 Å². The molecule has 24 heavy (non-hydrogen) atoms. The highest BCUT2D eigenvalue weighted by molar-refractivity contribution is 6.02. The second-order valence-electron chi connectivity index (χ2n) is 5.35. The first kappa shape index (κ1) is 14.2. The Morgan fingerprint density at radius 2 is 1.92 bits per heavy atom. The fourth-order valence-corrected chi connectivity index (χ4v) is 2.71. The number of pyridine rings is 1. The minimum absolute atomic E-state index is 0.161. The summed E-state index contributed by atoms with van der Waals surface area (Å²) in [5.74, 6) is -0.918. The first-order chi connectivity index (χ1) is 11.7. The Labute approximate surface area is 136 Å². The molecule has 4 rings (SSSR count). The Hall–Kier alpha value is -3.41. The molecule has 0 aliphatic carbocycles. The van der Waals surface area contributed by atoms with E-state index in [4.69, 9.17) is 4.42 Å². The van der Waals surface area contributed by atoms with Crippen LogP contribution in [0.3, 0.4) is 0 Å². The molecule has 1 amide bonds. The van der Waals surface area contributed by atoms with Crippen molar-refractivity contribution in [2.24, 2.45) is 0 Å². The lowest BCUT2D eigenvalue weighted by Gasteiger charge is -2.08. The van der Waals surface area contributed by atoms with Crippen LogP contribution >= 0.6 is 0 Å². The number of hydrogen-bond donors (Lipinski definition) is 1. The molecule has 0 spiro atoms. The minimum atomic E-state index is -0.600. The van der Waals surface area contributed by atoms with Gasteiger partial charge in [-0.25, -0.2) is 14.3 Å². The van der Waals surface area contributed by atoms with Gasteiger partial charge in [0.25, 0.3) is 0 Å². The van der Waals surface area contributed by atoms with Crippen molar-refractivity contribution in [1.82, 2.24) is 9.55 Å². The highest BCUT2D eigenvalue weighted by Crippen LogP contribution is 2.23. The molecule has 0 bridgehead atoms. The fraction of sp³-hybridized carbons (Fsp3) is 0.0556. The number of amides is 1. The smallest absolute Gasteiger partial charge is 0.406 e. The van der Waals surface area contributed by atoms with Crippen LogP contribution in [0.5, 0.6) is 0 Å². The standard InChI is InChI=1S/C18H13N3O3/c22-16(11-21-17-15(24-18(21)23)9-4-10-19-17)20-14-8-3-6-12-5-1-2-7-13(12)14/h1-10H,11H2,(H,20,22). The van der Waals surface area contributed by atoms with Crippen molar-refractivity contribution in [3.63, 3.8) is 0 Å². The van der Waals surface area contributed by atoms with Crippen LogP contribution in [-0.2, 0) is 11.3 Å². The molecular weight excluding hydrogens is 306 g/mol. The number of fused-ring (bicyclic) bond motifs is 2. The maximum absolute atomic E-state index is 12.4. The summed E-state index contributed by atoms with van der Waals surface area (Å²) in [7, 11) is 0. The Bertz CT molecular complexity index is 1110. The second-order valence-corrected chi connectivity index (χ2v) is 5.35. The fourth-order valence-electron chi connectivity index (χ4n) is 2.71. The van der Waals surface area contributed by atoms with Crippen LogP contribution in [0.4, 0.5) is 5.69 Å². The Morgan fingerprint density at radius 1 is 1.08 bits per heavy atom. The van der Waals surface area contributed by atoms with E-state index >= 15 is 0 Å². The first-order valence-corrected chi connectivity index (χ1v) is 7.44. The summed E-state index contributed by atoms with van der Waals surface area (Å²) in [4.78, 5) is 28.4. The third kappa shape index (κ3) is 2.44. The summed E-state index contributed by atoms with van der Waals surface area (Å²) < 4.78 is 6.30. The normalized spacial score (nSPS) is 11.0. The van der Waals surface area contributed by atoms with E-state index in [0.717, 1.165) is 10.8 Å². The van der Waals surface area contributed by atoms with Crippen LogP contribution in [0.25, 0.3) is 22.0 Å². The van der Waals surface area contributed by atoms with E-state index in [1.807, 2.05) is 42.5 Å². The van der Waals surface area contributed by atoms with Gasteiger partial charge < -0.3 is 9.73 Å². The molecule has 6 nitrogen and oxygen atoms in total. The molecule has 0 fully saturated rings. The summed E-state index contributed by atoms with van der Waals surface area (Å²) in [6.45, 7) is -0.161. The van der Waals surface area contributed by atoms with Gasteiger partial charge in [0.15, 0.2) is 11.2 Å². The molecule has 4 aromatic rings. The molecule has 0 aliphatic heterocycles. The maximum Gasteiger partial charge on any atom is 0.421 e. The average Bonchev–Trinajstić information content (AvgIpc) is 2.91. The van der Waals surface area contributed by atoms with Gasteiger partial charge in [-0.15, -0.1) is 0 Å². The lowest BCUT2D eigenvalue weighted by Crippen LogP contribution is -2.25. The van der Waals surface area contributed by atoms with Crippen LogP contribution in [0.15, 0.2) is 70.0 Å². The number of hydrogen-bond acceptors (Lipinski definition) is 4. The summed E-state index contributed by atoms with van der Waals surface area (Å²) in [6, 6.07) is 16.8. The third-order valence-corrected chi connectivity index (χ3v) is 3.79. The van der Waals surface area contributed by atoms with Crippen LogP contribution in [0, 0.1) is 0 Å². The molecule has 0 aliphatic rings. The molecule has 0 unspecified atom stereocenters. The quantitative estimate of drug-likeness (QED) is 0.630. The lowest BCUT2D eigenvalue weighted by atomic mass is 10.1. The molecular formula is C18H13N3O3. The average molecular weight is 319 g/mol. The molecule has 2 heterocycles. The number of benzene rings is 2. The van der Waals surface area contributed by atoms with Crippen LogP contribution in [0.1, 0.15) is 0 Å². The van der Waals surface area contributed by atoms with E-state index in [1.54, 1.807) is 18.3 Å². The Morgan fingerprint density at radius 3 is 2.83 bits per heavy atom. The molecule has 0 radical (unpaired) electrons. The van der Waals surface area contributed by atoms with Gasteiger partial charge in [-0.1, -0.05) is 36.4 Å². The summed E-state index contributed by atoms with van der Waals surface area (Å²) in [5.41, 5.74) is 1.42. The summed E-state index contributed by atoms with van der Waals surface area (Å²) >= 11 is 0. The van der Waals surface area contributed by atoms with Crippen molar-refractivity contribution in [2.75, 3.05) is 5.32 Å². The molecule has 0 saturated carbocycles. The number of carbonyl (C=O) groups excluding carboxylic acids is 1. The van der Waals surface area contributed by atoms with Gasteiger partial charge in [-0.05, 0) is 23.6 Å². The molecule has 2 aromatic heterocycles. The number of aromatic nitrogens is 2. The van der Waals surface area contributed by atoms with Crippen LogP contribution in [0.2, 0.25) is 0 Å². The zero-order chi connectivity index (χ0) is 16.5. The van der Waals surface area contributed by atoms with Crippen molar-refractivity contribution < 1.29 is 9.21 Å². The highest BCUT2D eigenvalue weighted by Gasteiger charge is 2.14. The van der Waals surface area contributed by atoms with E-state index in [-0.39, 0.29) is 12.5 Å². The van der Waals surface area contributed by atoms with E-state index < -0.39 is 5.76 Å². The van der Waals surface area contributed by atoms with Gasteiger partial charge >= 0.3 is 5.76 Å². The zero-order valence-electron chi connectivity index (χ0n) is 12.6. The molecule has 0 saturated heterocycles. The van der Waals surface area contributed by atoms with Gasteiger partial charge in [-0.2, -0.15) is 0 Å². The summed E-state index contributed by atoms with van der Waals surface area (Å²) in [6.07, 6.45) is 1.55. The highest BCUT2D eigenvalue weighted by atomic mass is 16.4. The SMILES string of the molecule is O=C(Cn1c(=O)oc2cccnc21)Nc1cccc2ccccc12. The van der Waals surface area contributed by atoms with Gasteiger partial charge in [0.1, 0.15) is 6.54 Å². The van der Waals surface area contributed by atoms with E-state index in [0.29, 0.717) is 16.9 Å². The number of nitrogens with one attached hydrogen (secondary N) is 1. The zero-order valence-corrected chi connectivity index (χ0v) is 12.6. The Balaban J connectivity index is 1.65. The van der Waals surface area contributed by atoms with E-state index in [1.165, 1.54) is 4.57 Å². The molecule has 0 atom stereocenters. The number of anilines is 1. The van der Waals surface area contributed by atoms with Crippen LogP contribution < -0.4 is 11.1 Å². The molecule has 1 N–H and O–H groups in total. The van der Waals surface area contributed by atoms with E-state index in [2.05, 4.69) is 10.3 Å². The molecule has 6 heteroatoms. The lowest BCUT2D eigenvalue weighted by molar-refractivity contribution is -0.116. The number of carbonyl (C=O) groups is 1. The van der Waals surface area contributed by atoms with Crippen molar-refractivity contribution in [3.8, 4) is 0 Å². The van der Waals surface area contributed by atoms with Gasteiger partial charge in [-0.3, -0.25) is 4.79 Å². The number of nitrogens with zero attached hydrogens (tertiary/aromatic N) is 2. The van der Waals surface area contributed by atoms with Crippen molar-refractivity contribution >= 4 is 33.6 Å². The molecule has 2 aromatic carbocycles. The summed E-state index contributed by atoms with van der Waals surface area (Å²) in [5, 5.41) is 4.82. The maximum atomic E-state index is 12.4. The van der Waals surface area contributed by atoms with Crippen molar-refractivity contribution in [3.05, 3.63) is 71.3 Å². The number of rotatable bonds is 3. The van der Waals surface area contributed by atoms with Gasteiger partial charge in [0.2, 0.25) is 5.91 Å². The van der Waals surface area contributed by atoms with Gasteiger partial charge in [0.05, 0.1) is 0 Å². The topological polar surface area (TPSA) is 77.1 Å². The third-order valence-electron chi connectivity index (χ3n) is 3.79. The van der Waals surface area contributed by atoms with E-state index in [9.17, 15) is 9.59 Å². The first-order valence-electron chi connectivity index (χ1n) is 7.44. The van der Waals surface area contributed by atoms with Gasteiger partial charge in [0, 0.05) is 17.3 Å². The van der Waals surface area contributed by atoms with Crippen LogP contribution in [-0.4, -0.2) is 15.5 Å². The largest absolute Gasteiger partial charge is 0.421 e. The van der Waals surface area contributed by atoms with Crippen molar-refractivity contribution in [1.29, 1.82) is 0 Å². The number of oxazole rings is 1. The second kappa shape index (κ2) is 5.66. The Kier molecular flexibility index (Phi) is 3.35. The predicted octanol–water partition coefficient (Wildman–Crippen LogP) is 2.78. The molecule has 118 valence electrons.